The molecule has 4 heterocycles. The van der Waals surface area contributed by atoms with Crippen molar-refractivity contribution < 1.29 is 22.8 Å². The molecule has 2 unspecified atom stereocenters. The number of pyridine rings is 1. The first-order chi connectivity index (χ1) is 21.2. The van der Waals surface area contributed by atoms with Crippen molar-refractivity contribution >= 4 is 37.6 Å². The Kier molecular flexibility index (Phi) is 9.70. The normalized spacial score (nSPS) is 22.4. The summed E-state index contributed by atoms with van der Waals surface area (Å²) >= 11 is -1.22. The molecule has 1 N–H and O–H groups in total. The minimum absolute atomic E-state index is 0.177. The summed E-state index contributed by atoms with van der Waals surface area (Å²) in [6.07, 6.45) is 9.07. The number of anilines is 1. The number of aliphatic hydroxyl groups is 1. The lowest BCUT2D eigenvalue weighted by Crippen LogP contribution is -2.53. The average molecular weight is 641 g/mol. The Balaban J connectivity index is 1.24. The predicted molar refractivity (Wildman–Crippen MR) is 174 cm³/mol. The maximum atomic E-state index is 14.1. The van der Waals surface area contributed by atoms with Crippen molar-refractivity contribution in [3.05, 3.63) is 48.7 Å². The molecule has 44 heavy (non-hydrogen) atoms. The Bertz CT molecular complexity index is 1540. The number of rotatable bonds is 8. The first-order valence-electron chi connectivity index (χ1n) is 15.9. The van der Waals surface area contributed by atoms with Crippen LogP contribution in [-0.4, -0.2) is 103 Å². The number of sulfone groups is 1. The molecule has 0 saturated carbocycles. The number of aromatic nitrogens is 1. The van der Waals surface area contributed by atoms with Crippen LogP contribution in [0.5, 0.6) is 5.75 Å². The van der Waals surface area contributed by atoms with Crippen LogP contribution in [0.1, 0.15) is 45.4 Å². The van der Waals surface area contributed by atoms with Gasteiger partial charge in [0.15, 0.2) is 4.90 Å². The van der Waals surface area contributed by atoms with Gasteiger partial charge in [-0.2, -0.15) is 0 Å². The summed E-state index contributed by atoms with van der Waals surface area (Å²) in [4.78, 5) is 12.9. The second-order valence-corrected chi connectivity index (χ2v) is 15.6. The quantitative estimate of drug-likeness (QED) is 0.364. The van der Waals surface area contributed by atoms with Crippen LogP contribution < -0.4 is 9.64 Å². The molecule has 3 fully saturated rings. The number of ether oxygens (including phenoxy) is 1. The number of fused-ring (bicyclic) bond motifs is 1. The van der Waals surface area contributed by atoms with E-state index < -0.39 is 21.0 Å². The molecular weight excluding hydrogens is 597 g/mol. The SMILES string of the molecule is CCOc1ccc(S(=O)(=O)c2cnc3ccc([S+](C)[O-])cc3c2N2CCC(N3CCC(N4CCCC(O)C4)CC3)CC2)cc1. The van der Waals surface area contributed by atoms with Gasteiger partial charge in [-0.3, -0.25) is 9.88 Å². The lowest BCUT2D eigenvalue weighted by Gasteiger charge is -2.45. The number of benzene rings is 2. The fraction of sp³-hybridized carbons (Fsp3) is 0.545. The molecule has 0 amide bonds. The molecule has 9 nitrogen and oxygen atoms in total. The molecule has 0 radical (unpaired) electrons. The van der Waals surface area contributed by atoms with Crippen LogP contribution in [0.15, 0.2) is 63.3 Å². The molecule has 0 aliphatic carbocycles. The molecule has 6 rings (SSSR count). The zero-order valence-electron chi connectivity index (χ0n) is 25.7. The number of piperidine rings is 3. The van der Waals surface area contributed by atoms with Crippen LogP contribution in [0.3, 0.4) is 0 Å². The standard InChI is InChI=1S/C33H44N4O5S2/c1-3-42-27-6-9-29(10-7-27)44(40,41)32-22-34-31-11-8-28(43(2)39)21-30(31)33(32)36-19-14-24(15-20-36)35-17-12-25(13-18-35)37-16-4-5-26(38)23-37/h6-11,21-22,24-26,38H,3-5,12-20,23H2,1-2H3. The van der Waals surface area contributed by atoms with Gasteiger partial charge in [0.1, 0.15) is 16.9 Å². The van der Waals surface area contributed by atoms with E-state index in [1.165, 1.54) is 6.20 Å². The molecule has 3 aromatic rings. The van der Waals surface area contributed by atoms with Crippen LogP contribution in [0.25, 0.3) is 10.9 Å². The Morgan fingerprint density at radius 3 is 2.30 bits per heavy atom. The van der Waals surface area contributed by atoms with Gasteiger partial charge in [0.05, 0.1) is 28.8 Å². The van der Waals surface area contributed by atoms with Crippen molar-refractivity contribution in [2.24, 2.45) is 0 Å². The summed E-state index contributed by atoms with van der Waals surface area (Å²) < 4.78 is 46.2. The number of hydrogen-bond acceptors (Lipinski definition) is 9. The summed E-state index contributed by atoms with van der Waals surface area (Å²) in [6.45, 7) is 7.87. The molecule has 3 aliphatic rings. The molecule has 0 spiro atoms. The third-order valence-corrected chi connectivity index (χ3v) is 12.3. The number of β-amino-alcohol motifs (C(OH)–C–C–N with tert-alkyl or cyclic N) is 1. The fourth-order valence-corrected chi connectivity index (χ4v) is 9.21. The van der Waals surface area contributed by atoms with Gasteiger partial charge in [0, 0.05) is 49.4 Å². The molecule has 0 bridgehead atoms. The minimum atomic E-state index is -3.90. The first-order valence-corrected chi connectivity index (χ1v) is 18.9. The topological polar surface area (TPSA) is 109 Å². The van der Waals surface area contributed by atoms with E-state index in [0.29, 0.717) is 45.9 Å². The Hall–Kier alpha value is -2.41. The number of aliphatic hydroxyl groups excluding tert-OH is 1. The Morgan fingerprint density at radius 1 is 0.955 bits per heavy atom. The number of likely N-dealkylation sites (tertiary alicyclic amines) is 2. The highest BCUT2D eigenvalue weighted by Crippen LogP contribution is 2.39. The zero-order valence-corrected chi connectivity index (χ0v) is 27.4. The smallest absolute Gasteiger partial charge is 0.210 e. The summed E-state index contributed by atoms with van der Waals surface area (Å²) in [5.41, 5.74) is 1.34. The summed E-state index contributed by atoms with van der Waals surface area (Å²) in [6, 6.07) is 13.0. The summed E-state index contributed by atoms with van der Waals surface area (Å²) in [7, 11) is -3.90. The Labute approximate surface area is 264 Å². The van der Waals surface area contributed by atoms with E-state index >= 15 is 0 Å². The number of hydrogen-bond donors (Lipinski definition) is 1. The van der Waals surface area contributed by atoms with Crippen LogP contribution in [-0.2, 0) is 21.0 Å². The van der Waals surface area contributed by atoms with E-state index in [-0.39, 0.29) is 15.9 Å². The van der Waals surface area contributed by atoms with Crippen molar-refractivity contribution in [1.82, 2.24) is 14.8 Å². The van der Waals surface area contributed by atoms with E-state index in [9.17, 15) is 18.1 Å². The number of nitrogens with zero attached hydrogens (tertiary/aromatic N) is 4. The van der Waals surface area contributed by atoms with Crippen LogP contribution >= 0.6 is 0 Å². The van der Waals surface area contributed by atoms with Gasteiger partial charge in [-0.05, 0) is 113 Å². The second kappa shape index (κ2) is 13.5. The van der Waals surface area contributed by atoms with Crippen molar-refractivity contribution in [2.75, 3.05) is 57.0 Å². The average Bonchev–Trinajstić information content (AvgIpc) is 3.04. The van der Waals surface area contributed by atoms with Gasteiger partial charge in [-0.1, -0.05) is 0 Å². The molecule has 3 aliphatic heterocycles. The Morgan fingerprint density at radius 2 is 1.64 bits per heavy atom. The molecule has 11 heteroatoms. The molecule has 3 saturated heterocycles. The third-order valence-electron chi connectivity index (χ3n) is 9.58. The molecule has 2 atom stereocenters. The van der Waals surface area contributed by atoms with Crippen molar-refractivity contribution in [1.29, 1.82) is 0 Å². The molecule has 238 valence electrons. The van der Waals surface area contributed by atoms with E-state index in [2.05, 4.69) is 19.7 Å². The summed E-state index contributed by atoms with van der Waals surface area (Å²) in [5.74, 6) is 0.623. The highest BCUT2D eigenvalue weighted by Gasteiger charge is 2.34. The van der Waals surface area contributed by atoms with Crippen LogP contribution in [0, 0.1) is 0 Å². The van der Waals surface area contributed by atoms with Crippen molar-refractivity contribution in [3.63, 3.8) is 0 Å². The molecule has 2 aromatic carbocycles. The molecule has 1 aromatic heterocycles. The van der Waals surface area contributed by atoms with Gasteiger partial charge < -0.3 is 24.2 Å². The van der Waals surface area contributed by atoms with Gasteiger partial charge >= 0.3 is 0 Å². The fourth-order valence-electron chi connectivity index (χ4n) is 7.24. The lowest BCUT2D eigenvalue weighted by molar-refractivity contribution is 0.0170. The van der Waals surface area contributed by atoms with E-state index in [4.69, 9.17) is 4.74 Å². The minimum Gasteiger partial charge on any atom is -0.612 e. The van der Waals surface area contributed by atoms with Gasteiger partial charge in [-0.25, -0.2) is 8.42 Å². The lowest BCUT2D eigenvalue weighted by atomic mass is 9.95. The third kappa shape index (κ3) is 6.59. The van der Waals surface area contributed by atoms with Crippen LogP contribution in [0.2, 0.25) is 0 Å². The van der Waals surface area contributed by atoms with E-state index in [1.54, 1.807) is 36.6 Å². The first kappa shape index (κ1) is 31.6. The highest BCUT2D eigenvalue weighted by molar-refractivity contribution is 7.91. The monoisotopic (exact) mass is 640 g/mol. The van der Waals surface area contributed by atoms with Gasteiger partial charge in [-0.15, -0.1) is 0 Å². The maximum Gasteiger partial charge on any atom is 0.210 e. The largest absolute Gasteiger partial charge is 0.612 e. The van der Waals surface area contributed by atoms with Gasteiger partial charge in [0.2, 0.25) is 9.84 Å². The van der Waals surface area contributed by atoms with E-state index in [1.807, 2.05) is 19.1 Å². The zero-order chi connectivity index (χ0) is 30.8. The highest BCUT2D eigenvalue weighted by atomic mass is 32.2. The van der Waals surface area contributed by atoms with Gasteiger partial charge in [0.25, 0.3) is 0 Å². The van der Waals surface area contributed by atoms with Crippen molar-refractivity contribution in [2.45, 2.75) is 78.3 Å². The molecular formula is C33H44N4O5S2. The maximum absolute atomic E-state index is 14.1. The van der Waals surface area contributed by atoms with Crippen LogP contribution in [0.4, 0.5) is 5.69 Å². The summed E-state index contributed by atoms with van der Waals surface area (Å²) in [5, 5.41) is 10.9. The van der Waals surface area contributed by atoms with E-state index in [0.717, 1.165) is 77.8 Å². The second-order valence-electron chi connectivity index (χ2n) is 12.3. The van der Waals surface area contributed by atoms with Crippen molar-refractivity contribution in [3.8, 4) is 5.75 Å². The predicted octanol–water partition coefficient (Wildman–Crippen LogP) is 4.09.